The highest BCUT2D eigenvalue weighted by Gasteiger charge is 2.36. The molecule has 0 aliphatic heterocycles. The highest BCUT2D eigenvalue weighted by molar-refractivity contribution is 6.60. The first-order valence-electron chi connectivity index (χ1n) is 4.73. The first kappa shape index (κ1) is 14.0. The van der Waals surface area contributed by atoms with E-state index >= 15 is 0 Å². The maximum Gasteiger partial charge on any atom is 0.501 e. The lowest BCUT2D eigenvalue weighted by atomic mass is 10.3. The average molecular weight is 222 g/mol. The summed E-state index contributed by atoms with van der Waals surface area (Å²) < 4.78 is 15.8. The fraction of sp³-hybridized carbons (Fsp3) is 1.00. The summed E-state index contributed by atoms with van der Waals surface area (Å²) in [5.74, 6) is 0. The van der Waals surface area contributed by atoms with E-state index in [0.29, 0.717) is 12.6 Å². The molecule has 1 atom stereocenters. The van der Waals surface area contributed by atoms with Crippen molar-refractivity contribution in [1.29, 1.82) is 0 Å². The molecule has 0 aromatic heterocycles. The predicted octanol–water partition coefficient (Wildman–Crippen LogP) is -0.199. The minimum Gasteiger partial charge on any atom is -0.377 e. The van der Waals surface area contributed by atoms with Gasteiger partial charge in [0.2, 0.25) is 0 Å². The van der Waals surface area contributed by atoms with Gasteiger partial charge in [-0.2, -0.15) is 0 Å². The summed E-state index contributed by atoms with van der Waals surface area (Å²) >= 11 is 0. The second-order valence-electron chi connectivity index (χ2n) is 3.14. The van der Waals surface area contributed by atoms with Crippen LogP contribution in [0.5, 0.6) is 0 Å². The monoisotopic (exact) mass is 222 g/mol. The third kappa shape index (κ3) is 4.49. The number of rotatable bonds is 8. The van der Waals surface area contributed by atoms with E-state index < -0.39 is 8.80 Å². The van der Waals surface area contributed by atoms with Crippen LogP contribution in [0, 0.1) is 0 Å². The summed E-state index contributed by atoms with van der Waals surface area (Å²) in [4.78, 5) is 0. The molecule has 0 spiro atoms. The van der Waals surface area contributed by atoms with Crippen molar-refractivity contribution in [3.8, 4) is 0 Å². The zero-order valence-corrected chi connectivity index (χ0v) is 10.5. The Kier molecular flexibility index (Phi) is 7.34. The van der Waals surface area contributed by atoms with Gasteiger partial charge in [0.1, 0.15) is 0 Å². The fourth-order valence-corrected chi connectivity index (χ4v) is 2.67. The minimum absolute atomic E-state index is 0.312. The molecule has 1 unspecified atom stereocenters. The van der Waals surface area contributed by atoms with E-state index in [1.807, 2.05) is 6.92 Å². The van der Waals surface area contributed by atoms with Crippen molar-refractivity contribution in [2.45, 2.75) is 19.0 Å². The lowest BCUT2D eigenvalue weighted by molar-refractivity contribution is 0.123. The lowest BCUT2D eigenvalue weighted by Gasteiger charge is -2.25. The molecule has 0 aromatic rings. The van der Waals surface area contributed by atoms with Gasteiger partial charge in [-0.15, -0.1) is 0 Å². The number of nitrogens with one attached hydrogen (secondary N) is 1. The molecular weight excluding hydrogens is 200 g/mol. The van der Waals surface area contributed by atoms with Crippen LogP contribution in [0.3, 0.4) is 0 Å². The van der Waals surface area contributed by atoms with Gasteiger partial charge in [-0.25, -0.2) is 0 Å². The van der Waals surface area contributed by atoms with Crippen molar-refractivity contribution in [2.24, 2.45) is 5.73 Å². The summed E-state index contributed by atoms with van der Waals surface area (Å²) in [7, 11) is 2.45. The smallest absolute Gasteiger partial charge is 0.377 e. The van der Waals surface area contributed by atoms with Crippen molar-refractivity contribution >= 4 is 8.80 Å². The second-order valence-corrected chi connectivity index (χ2v) is 6.23. The van der Waals surface area contributed by atoms with Crippen LogP contribution in [0.25, 0.3) is 0 Å². The average Bonchev–Trinajstić information content (AvgIpc) is 2.25. The van der Waals surface area contributed by atoms with Crippen LogP contribution in [-0.4, -0.2) is 49.3 Å². The Morgan fingerprint density at radius 3 is 2.07 bits per heavy atom. The molecule has 0 heterocycles. The topological polar surface area (TPSA) is 65.7 Å². The summed E-state index contributed by atoms with van der Waals surface area (Å²) in [5, 5.41) is 3.26. The van der Waals surface area contributed by atoms with Gasteiger partial charge in [-0.1, -0.05) is 0 Å². The Hall–Kier alpha value is 0.0169. The molecule has 14 heavy (non-hydrogen) atoms. The molecule has 86 valence electrons. The molecule has 0 aliphatic rings. The maximum atomic E-state index is 5.47. The standard InChI is InChI=1S/C8H22N2O3Si/c1-8(7-9)10-5-6-14(11-2,12-3)13-4/h8,10H,5-7,9H2,1-4H3. The van der Waals surface area contributed by atoms with Crippen LogP contribution in [0.15, 0.2) is 0 Å². The van der Waals surface area contributed by atoms with Crippen molar-refractivity contribution in [2.75, 3.05) is 34.4 Å². The molecule has 0 saturated heterocycles. The van der Waals surface area contributed by atoms with E-state index in [0.717, 1.165) is 12.6 Å². The molecular formula is C8H22N2O3Si. The van der Waals surface area contributed by atoms with E-state index in [4.69, 9.17) is 19.0 Å². The fourth-order valence-electron chi connectivity index (χ4n) is 1.11. The number of nitrogens with two attached hydrogens (primary N) is 1. The third-order valence-electron chi connectivity index (χ3n) is 2.21. The van der Waals surface area contributed by atoms with E-state index in [9.17, 15) is 0 Å². The highest BCUT2D eigenvalue weighted by Crippen LogP contribution is 2.11. The van der Waals surface area contributed by atoms with Crippen LogP contribution in [0.4, 0.5) is 0 Å². The van der Waals surface area contributed by atoms with E-state index in [2.05, 4.69) is 5.32 Å². The van der Waals surface area contributed by atoms with E-state index in [-0.39, 0.29) is 0 Å². The van der Waals surface area contributed by atoms with E-state index in [1.165, 1.54) is 0 Å². The summed E-state index contributed by atoms with van der Waals surface area (Å²) in [6.45, 7) is 3.46. The van der Waals surface area contributed by atoms with Crippen molar-refractivity contribution in [3.63, 3.8) is 0 Å². The zero-order valence-electron chi connectivity index (χ0n) is 9.50. The maximum absolute atomic E-state index is 5.47. The lowest BCUT2D eigenvalue weighted by Crippen LogP contribution is -2.46. The highest BCUT2D eigenvalue weighted by atomic mass is 28.4. The summed E-state index contributed by atoms with van der Waals surface area (Å²) in [6.07, 6.45) is 0. The van der Waals surface area contributed by atoms with Gasteiger partial charge in [0, 0.05) is 40.0 Å². The van der Waals surface area contributed by atoms with Gasteiger partial charge in [-0.05, 0) is 13.5 Å². The van der Waals surface area contributed by atoms with Gasteiger partial charge in [-0.3, -0.25) is 0 Å². The van der Waals surface area contributed by atoms with E-state index in [1.54, 1.807) is 21.3 Å². The molecule has 6 heteroatoms. The zero-order chi connectivity index (χ0) is 11.0. The van der Waals surface area contributed by atoms with Gasteiger partial charge in [0.25, 0.3) is 0 Å². The first-order chi connectivity index (χ1) is 6.64. The van der Waals surface area contributed by atoms with Crippen LogP contribution < -0.4 is 11.1 Å². The van der Waals surface area contributed by atoms with Gasteiger partial charge >= 0.3 is 8.80 Å². The third-order valence-corrected chi connectivity index (χ3v) is 4.94. The number of hydrogen-bond donors (Lipinski definition) is 2. The molecule has 0 rings (SSSR count). The molecule has 0 bridgehead atoms. The van der Waals surface area contributed by atoms with Gasteiger partial charge in [0.15, 0.2) is 0 Å². The Labute approximate surface area is 87.3 Å². The van der Waals surface area contributed by atoms with Gasteiger partial charge in [0.05, 0.1) is 0 Å². The molecule has 0 fully saturated rings. The normalized spacial score (nSPS) is 14.4. The van der Waals surface area contributed by atoms with Crippen molar-refractivity contribution < 1.29 is 13.3 Å². The summed E-state index contributed by atoms with van der Waals surface area (Å²) in [5.41, 5.74) is 5.47. The molecule has 0 radical (unpaired) electrons. The van der Waals surface area contributed by atoms with Crippen LogP contribution in [-0.2, 0) is 13.3 Å². The Bertz CT molecular complexity index is 136. The molecule has 0 aliphatic carbocycles. The number of hydrogen-bond acceptors (Lipinski definition) is 5. The Balaban J connectivity index is 3.82. The first-order valence-corrected chi connectivity index (χ1v) is 6.66. The molecule has 3 N–H and O–H groups in total. The SMILES string of the molecule is CO[Si](CCNC(C)CN)(OC)OC. The Morgan fingerprint density at radius 1 is 1.21 bits per heavy atom. The van der Waals surface area contributed by atoms with Crippen LogP contribution in [0.1, 0.15) is 6.92 Å². The predicted molar refractivity (Wildman–Crippen MR) is 58.1 cm³/mol. The quantitative estimate of drug-likeness (QED) is 0.557. The minimum atomic E-state index is -2.40. The van der Waals surface area contributed by atoms with Crippen LogP contribution in [0.2, 0.25) is 6.04 Å². The molecule has 0 saturated carbocycles. The molecule has 5 nitrogen and oxygen atoms in total. The largest absolute Gasteiger partial charge is 0.501 e. The van der Waals surface area contributed by atoms with Crippen molar-refractivity contribution in [3.05, 3.63) is 0 Å². The van der Waals surface area contributed by atoms with Crippen molar-refractivity contribution in [1.82, 2.24) is 5.32 Å². The van der Waals surface area contributed by atoms with Gasteiger partial charge < -0.3 is 24.3 Å². The second kappa shape index (κ2) is 7.33. The molecule has 0 aromatic carbocycles. The summed E-state index contributed by atoms with van der Waals surface area (Å²) in [6, 6.07) is 1.06. The molecule has 0 amide bonds. The van der Waals surface area contributed by atoms with Crippen LogP contribution >= 0.6 is 0 Å². The Morgan fingerprint density at radius 2 is 1.71 bits per heavy atom.